The van der Waals surface area contributed by atoms with Gasteiger partial charge < -0.3 is 16.2 Å². The molecule has 94 valence electrons. The van der Waals surface area contributed by atoms with Crippen molar-refractivity contribution in [2.24, 2.45) is 5.73 Å². The summed E-state index contributed by atoms with van der Waals surface area (Å²) < 4.78 is 0. The lowest BCUT2D eigenvalue weighted by Gasteiger charge is -2.13. The fourth-order valence-electron chi connectivity index (χ4n) is 1.38. The zero-order valence-electron chi connectivity index (χ0n) is 9.80. The van der Waals surface area contributed by atoms with Crippen molar-refractivity contribution in [3.63, 3.8) is 0 Å². The minimum atomic E-state index is -1.09. The molecule has 0 radical (unpaired) electrons. The molecule has 1 aromatic rings. The van der Waals surface area contributed by atoms with Crippen molar-refractivity contribution in [2.75, 3.05) is 5.32 Å². The first kappa shape index (κ1) is 13.5. The maximum atomic E-state index is 11.1. The van der Waals surface area contributed by atoms with Crippen LogP contribution in [0.3, 0.4) is 0 Å². The van der Waals surface area contributed by atoms with Crippen LogP contribution in [-0.2, 0) is 4.79 Å². The Labute approximate surface area is 104 Å². The molecule has 6 nitrogen and oxygen atoms in total. The maximum Gasteiger partial charge on any atom is 0.327 e. The SMILES string of the molecule is C#CCC(Nc1cc(C(N)=O)cc(C)n1)C(=O)O. The molecular formula is C12H13N3O3. The number of terminal acetylenes is 1. The summed E-state index contributed by atoms with van der Waals surface area (Å²) in [6.07, 6.45) is 5.09. The topological polar surface area (TPSA) is 105 Å². The number of aliphatic carboxylic acids is 1. The van der Waals surface area contributed by atoms with Gasteiger partial charge in [-0.05, 0) is 19.1 Å². The predicted molar refractivity (Wildman–Crippen MR) is 66.0 cm³/mol. The highest BCUT2D eigenvalue weighted by molar-refractivity contribution is 5.93. The first-order valence-corrected chi connectivity index (χ1v) is 5.15. The second-order valence-electron chi connectivity index (χ2n) is 3.69. The van der Waals surface area contributed by atoms with Crippen molar-refractivity contribution < 1.29 is 14.7 Å². The lowest BCUT2D eigenvalue weighted by atomic mass is 10.2. The lowest BCUT2D eigenvalue weighted by molar-refractivity contribution is -0.137. The van der Waals surface area contributed by atoms with E-state index in [1.165, 1.54) is 12.1 Å². The first-order chi connectivity index (χ1) is 8.43. The van der Waals surface area contributed by atoms with Gasteiger partial charge >= 0.3 is 5.97 Å². The summed E-state index contributed by atoms with van der Waals surface area (Å²) in [5, 5.41) is 11.6. The number of primary amides is 1. The number of pyridine rings is 1. The summed E-state index contributed by atoms with van der Waals surface area (Å²) in [6, 6.07) is 1.96. The lowest BCUT2D eigenvalue weighted by Crippen LogP contribution is -2.29. The molecule has 0 fully saturated rings. The van der Waals surface area contributed by atoms with Gasteiger partial charge in [0.25, 0.3) is 0 Å². The molecule has 6 heteroatoms. The number of aryl methyl sites for hydroxylation is 1. The van der Waals surface area contributed by atoms with E-state index in [0.717, 1.165) is 0 Å². The highest BCUT2D eigenvalue weighted by Gasteiger charge is 2.17. The number of carboxylic acid groups (broad SMARTS) is 1. The van der Waals surface area contributed by atoms with E-state index in [1.54, 1.807) is 6.92 Å². The Morgan fingerprint density at radius 1 is 1.61 bits per heavy atom. The number of carbonyl (C=O) groups excluding carboxylic acids is 1. The van der Waals surface area contributed by atoms with Gasteiger partial charge in [-0.1, -0.05) is 0 Å². The number of rotatable bonds is 5. The average Bonchev–Trinajstić information content (AvgIpc) is 2.27. The van der Waals surface area contributed by atoms with Crippen LogP contribution < -0.4 is 11.1 Å². The third-order valence-electron chi connectivity index (χ3n) is 2.18. The van der Waals surface area contributed by atoms with E-state index in [-0.39, 0.29) is 17.8 Å². The molecule has 1 rings (SSSR count). The van der Waals surface area contributed by atoms with Crippen molar-refractivity contribution in [3.8, 4) is 12.3 Å². The van der Waals surface area contributed by atoms with Gasteiger partial charge in [-0.15, -0.1) is 12.3 Å². The van der Waals surface area contributed by atoms with Crippen LogP contribution in [-0.4, -0.2) is 28.0 Å². The van der Waals surface area contributed by atoms with E-state index in [2.05, 4.69) is 16.2 Å². The van der Waals surface area contributed by atoms with Crippen LogP contribution in [0, 0.1) is 19.3 Å². The fraction of sp³-hybridized carbons (Fsp3) is 0.250. The Morgan fingerprint density at radius 2 is 2.28 bits per heavy atom. The zero-order chi connectivity index (χ0) is 13.7. The summed E-state index contributed by atoms with van der Waals surface area (Å²) in [6.45, 7) is 1.68. The molecule has 0 spiro atoms. The Bertz CT molecular complexity index is 520. The van der Waals surface area contributed by atoms with Gasteiger partial charge in [0.1, 0.15) is 11.9 Å². The molecule has 0 saturated heterocycles. The predicted octanol–water partition coefficient (Wildman–Crippen LogP) is 0.377. The number of nitrogens with one attached hydrogen (secondary N) is 1. The standard InChI is InChI=1S/C12H13N3O3/c1-3-4-9(12(17)18)15-10-6-8(11(13)16)5-7(2)14-10/h1,5-6,9H,4H2,2H3,(H2,13,16)(H,14,15)(H,17,18). The van der Waals surface area contributed by atoms with Gasteiger partial charge in [0.2, 0.25) is 5.91 Å². The molecule has 0 aliphatic carbocycles. The molecule has 1 amide bonds. The second kappa shape index (κ2) is 5.68. The van der Waals surface area contributed by atoms with Crippen LogP contribution in [0.15, 0.2) is 12.1 Å². The molecule has 1 heterocycles. The molecule has 0 aliphatic rings. The number of anilines is 1. The number of hydrogen-bond donors (Lipinski definition) is 3. The fourth-order valence-corrected chi connectivity index (χ4v) is 1.38. The number of nitrogens with two attached hydrogens (primary N) is 1. The van der Waals surface area contributed by atoms with E-state index >= 15 is 0 Å². The van der Waals surface area contributed by atoms with E-state index < -0.39 is 17.9 Å². The van der Waals surface area contributed by atoms with Gasteiger partial charge in [-0.3, -0.25) is 4.79 Å². The Morgan fingerprint density at radius 3 is 2.78 bits per heavy atom. The molecule has 4 N–H and O–H groups in total. The van der Waals surface area contributed by atoms with Crippen LogP contribution in [0.4, 0.5) is 5.82 Å². The van der Waals surface area contributed by atoms with Crippen molar-refractivity contribution in [1.29, 1.82) is 0 Å². The quantitative estimate of drug-likeness (QED) is 0.652. The third kappa shape index (κ3) is 3.49. The molecule has 0 aliphatic heterocycles. The molecule has 0 saturated carbocycles. The largest absolute Gasteiger partial charge is 0.480 e. The minimum Gasteiger partial charge on any atom is -0.480 e. The van der Waals surface area contributed by atoms with Crippen LogP contribution in [0.25, 0.3) is 0 Å². The highest BCUT2D eigenvalue weighted by atomic mass is 16.4. The second-order valence-corrected chi connectivity index (χ2v) is 3.69. The molecule has 0 aromatic carbocycles. The van der Waals surface area contributed by atoms with Crippen LogP contribution in [0.2, 0.25) is 0 Å². The van der Waals surface area contributed by atoms with Gasteiger partial charge in [0.05, 0.1) is 0 Å². The van der Waals surface area contributed by atoms with E-state index in [9.17, 15) is 9.59 Å². The number of aromatic nitrogens is 1. The molecule has 1 unspecified atom stereocenters. The van der Waals surface area contributed by atoms with Crippen molar-refractivity contribution in [2.45, 2.75) is 19.4 Å². The molecular weight excluding hydrogens is 234 g/mol. The normalized spacial score (nSPS) is 11.3. The Hall–Kier alpha value is -2.55. The van der Waals surface area contributed by atoms with E-state index in [1.807, 2.05) is 0 Å². The number of hydrogen-bond acceptors (Lipinski definition) is 4. The van der Waals surface area contributed by atoms with Crippen molar-refractivity contribution in [3.05, 3.63) is 23.4 Å². The van der Waals surface area contributed by atoms with Gasteiger partial charge in [-0.25, -0.2) is 9.78 Å². The van der Waals surface area contributed by atoms with Crippen molar-refractivity contribution in [1.82, 2.24) is 4.98 Å². The smallest absolute Gasteiger partial charge is 0.327 e. The molecule has 1 aromatic heterocycles. The highest BCUT2D eigenvalue weighted by Crippen LogP contribution is 2.12. The number of carbonyl (C=O) groups is 2. The first-order valence-electron chi connectivity index (χ1n) is 5.15. The van der Waals surface area contributed by atoms with E-state index in [0.29, 0.717) is 5.69 Å². The monoisotopic (exact) mass is 247 g/mol. The summed E-state index contributed by atoms with van der Waals surface area (Å²) >= 11 is 0. The van der Waals surface area contributed by atoms with Gasteiger partial charge in [-0.2, -0.15) is 0 Å². The number of carboxylic acids is 1. The summed E-state index contributed by atoms with van der Waals surface area (Å²) in [5.74, 6) is 0.824. The Balaban J connectivity index is 2.99. The van der Waals surface area contributed by atoms with Crippen LogP contribution >= 0.6 is 0 Å². The van der Waals surface area contributed by atoms with Crippen LogP contribution in [0.5, 0.6) is 0 Å². The maximum absolute atomic E-state index is 11.1. The van der Waals surface area contributed by atoms with Gasteiger partial charge in [0.15, 0.2) is 0 Å². The molecule has 18 heavy (non-hydrogen) atoms. The minimum absolute atomic E-state index is 0.0108. The summed E-state index contributed by atoms with van der Waals surface area (Å²) in [5.41, 5.74) is 5.97. The third-order valence-corrected chi connectivity index (χ3v) is 2.18. The summed E-state index contributed by atoms with van der Waals surface area (Å²) in [7, 11) is 0. The number of amides is 1. The molecule has 1 atom stereocenters. The Kier molecular flexibility index (Phi) is 4.27. The number of nitrogens with zero attached hydrogens (tertiary/aromatic N) is 1. The molecule has 0 bridgehead atoms. The zero-order valence-corrected chi connectivity index (χ0v) is 9.80. The van der Waals surface area contributed by atoms with Gasteiger partial charge in [0, 0.05) is 17.7 Å². The summed E-state index contributed by atoms with van der Waals surface area (Å²) in [4.78, 5) is 26.1. The average molecular weight is 247 g/mol. The van der Waals surface area contributed by atoms with Crippen LogP contribution in [0.1, 0.15) is 22.5 Å². The van der Waals surface area contributed by atoms with E-state index in [4.69, 9.17) is 17.3 Å². The van der Waals surface area contributed by atoms with Crippen molar-refractivity contribution >= 4 is 17.7 Å².